The van der Waals surface area contributed by atoms with Crippen LogP contribution in [-0.2, 0) is 5.72 Å². The van der Waals surface area contributed by atoms with Crippen molar-refractivity contribution in [3.05, 3.63) is 60.2 Å². The van der Waals surface area contributed by atoms with Crippen LogP contribution in [-0.4, -0.2) is 40.3 Å². The molecule has 2 atom stereocenters. The minimum absolute atomic E-state index is 0.471. The Hall–Kier alpha value is -1.98. The molecule has 130 valence electrons. The molecule has 25 heavy (non-hydrogen) atoms. The molecule has 0 fully saturated rings. The van der Waals surface area contributed by atoms with Gasteiger partial charge in [0, 0.05) is 11.3 Å². The zero-order valence-electron chi connectivity index (χ0n) is 14.6. The maximum atomic E-state index is 11.8. The molecule has 2 aromatic carbocycles. The third kappa shape index (κ3) is 2.62. The zero-order chi connectivity index (χ0) is 17.4. The quantitative estimate of drug-likeness (QED) is 0.854. The average molecular weight is 355 g/mol. The highest BCUT2D eigenvalue weighted by molar-refractivity contribution is 8.14. The van der Waals surface area contributed by atoms with Gasteiger partial charge < -0.3 is 9.84 Å². The smallest absolute Gasteiger partial charge is 0.317 e. The number of hydrogen-bond acceptors (Lipinski definition) is 4. The van der Waals surface area contributed by atoms with Crippen LogP contribution >= 0.6 is 11.8 Å². The highest BCUT2D eigenvalue weighted by Crippen LogP contribution is 2.42. The average Bonchev–Trinajstić information content (AvgIpc) is 3.18. The van der Waals surface area contributed by atoms with Crippen LogP contribution in [0, 0.1) is 0 Å². The van der Waals surface area contributed by atoms with Gasteiger partial charge in [0.1, 0.15) is 17.5 Å². The van der Waals surface area contributed by atoms with E-state index < -0.39 is 5.72 Å². The lowest BCUT2D eigenvalue weighted by Crippen LogP contribution is -2.47. The Labute approximate surface area is 152 Å². The molecule has 1 unspecified atom stereocenters. The SMILES string of the molecule is CCC1CSC2=[N+]1C[C@](O)(c1ccc(OC)cc1)N2c1ccccc1. The highest BCUT2D eigenvalue weighted by Gasteiger charge is 2.57. The van der Waals surface area contributed by atoms with Crippen molar-refractivity contribution >= 4 is 22.6 Å². The molecular formula is C20H23N2O2S+. The molecule has 2 aromatic rings. The predicted molar refractivity (Wildman–Crippen MR) is 102 cm³/mol. The molecule has 2 heterocycles. The molecule has 0 spiro atoms. The van der Waals surface area contributed by atoms with Crippen molar-refractivity contribution in [3.63, 3.8) is 0 Å². The molecule has 0 saturated heterocycles. The number of anilines is 1. The molecule has 5 heteroatoms. The second-order valence-electron chi connectivity index (χ2n) is 6.50. The number of thioether (sulfide) groups is 1. The van der Waals surface area contributed by atoms with Gasteiger partial charge in [-0.15, -0.1) is 0 Å². The van der Waals surface area contributed by atoms with Crippen LogP contribution in [0.2, 0.25) is 0 Å². The number of rotatable bonds is 4. The van der Waals surface area contributed by atoms with E-state index in [9.17, 15) is 5.11 Å². The monoisotopic (exact) mass is 355 g/mol. The minimum Gasteiger partial charge on any atom is -0.497 e. The number of methoxy groups -OCH3 is 1. The first-order valence-corrected chi connectivity index (χ1v) is 9.64. The first kappa shape index (κ1) is 16.5. The minimum atomic E-state index is -1.08. The van der Waals surface area contributed by atoms with Crippen LogP contribution < -0.4 is 9.64 Å². The predicted octanol–water partition coefficient (Wildman–Crippen LogP) is 3.25. The first-order valence-electron chi connectivity index (χ1n) is 8.66. The molecule has 2 aliphatic heterocycles. The number of amidine groups is 1. The van der Waals surface area contributed by atoms with Gasteiger partial charge >= 0.3 is 5.17 Å². The molecule has 4 rings (SSSR count). The van der Waals surface area contributed by atoms with Crippen molar-refractivity contribution in [3.8, 4) is 5.75 Å². The maximum Gasteiger partial charge on any atom is 0.317 e. The van der Waals surface area contributed by atoms with E-state index in [1.54, 1.807) is 7.11 Å². The molecule has 0 bridgehead atoms. The second kappa shape index (κ2) is 6.39. The number of aliphatic hydroxyl groups is 1. The van der Waals surface area contributed by atoms with Gasteiger partial charge in [0.25, 0.3) is 5.72 Å². The molecule has 2 aliphatic rings. The molecule has 0 radical (unpaired) electrons. The van der Waals surface area contributed by atoms with E-state index >= 15 is 0 Å². The lowest BCUT2D eigenvalue weighted by molar-refractivity contribution is -0.561. The van der Waals surface area contributed by atoms with Crippen molar-refractivity contribution in [1.29, 1.82) is 0 Å². The van der Waals surface area contributed by atoms with Crippen LogP contribution in [0.1, 0.15) is 18.9 Å². The summed E-state index contributed by atoms with van der Waals surface area (Å²) >= 11 is 1.84. The number of nitrogens with zero attached hydrogens (tertiary/aromatic N) is 2. The van der Waals surface area contributed by atoms with Gasteiger partial charge in [0.05, 0.1) is 7.11 Å². The largest absolute Gasteiger partial charge is 0.497 e. The second-order valence-corrected chi connectivity index (χ2v) is 7.49. The van der Waals surface area contributed by atoms with E-state index in [2.05, 4.69) is 28.5 Å². The summed E-state index contributed by atoms with van der Waals surface area (Å²) < 4.78 is 7.63. The Morgan fingerprint density at radius 3 is 2.56 bits per heavy atom. The Balaban J connectivity index is 1.81. The van der Waals surface area contributed by atoms with Crippen LogP contribution in [0.15, 0.2) is 54.6 Å². The molecule has 0 amide bonds. The summed E-state index contributed by atoms with van der Waals surface area (Å²) in [6.07, 6.45) is 1.08. The number of benzene rings is 2. The van der Waals surface area contributed by atoms with Crippen LogP contribution in [0.5, 0.6) is 5.75 Å². The number of ether oxygens (including phenoxy) is 1. The van der Waals surface area contributed by atoms with E-state index in [0.717, 1.165) is 34.3 Å². The van der Waals surface area contributed by atoms with Gasteiger partial charge in [-0.2, -0.15) is 4.90 Å². The molecule has 0 saturated carbocycles. The van der Waals surface area contributed by atoms with Crippen LogP contribution in [0.4, 0.5) is 5.69 Å². The summed E-state index contributed by atoms with van der Waals surface area (Å²) in [6, 6.07) is 18.4. The van der Waals surface area contributed by atoms with Crippen LogP contribution in [0.3, 0.4) is 0 Å². The molecule has 0 aliphatic carbocycles. The summed E-state index contributed by atoms with van der Waals surface area (Å²) in [5, 5.41) is 12.9. The summed E-state index contributed by atoms with van der Waals surface area (Å²) in [7, 11) is 1.66. The molecule has 0 aromatic heterocycles. The van der Waals surface area contributed by atoms with Crippen molar-refractivity contribution in [2.75, 3.05) is 24.3 Å². The van der Waals surface area contributed by atoms with Gasteiger partial charge in [0.2, 0.25) is 0 Å². The van der Waals surface area contributed by atoms with Gasteiger partial charge in [-0.05, 0) is 54.6 Å². The van der Waals surface area contributed by atoms with E-state index in [0.29, 0.717) is 12.6 Å². The fourth-order valence-corrected chi connectivity index (χ4v) is 5.20. The van der Waals surface area contributed by atoms with Crippen molar-refractivity contribution < 1.29 is 14.4 Å². The topological polar surface area (TPSA) is 35.7 Å². The van der Waals surface area contributed by atoms with Crippen molar-refractivity contribution in [1.82, 2.24) is 0 Å². The summed E-state index contributed by atoms with van der Waals surface area (Å²) in [5.41, 5.74) is 0.821. The normalized spacial score (nSPS) is 25.4. The van der Waals surface area contributed by atoms with Gasteiger partial charge in [-0.25, -0.2) is 4.58 Å². The summed E-state index contributed by atoms with van der Waals surface area (Å²) in [5.74, 6) is 1.87. The first-order chi connectivity index (χ1) is 12.2. The fraction of sp³-hybridized carbons (Fsp3) is 0.350. The molecule has 4 nitrogen and oxygen atoms in total. The van der Waals surface area contributed by atoms with Crippen LogP contribution in [0.25, 0.3) is 0 Å². The lowest BCUT2D eigenvalue weighted by Gasteiger charge is -2.29. The van der Waals surface area contributed by atoms with Crippen molar-refractivity contribution in [2.24, 2.45) is 0 Å². The zero-order valence-corrected chi connectivity index (χ0v) is 15.4. The van der Waals surface area contributed by atoms with E-state index in [1.807, 2.05) is 54.2 Å². The molecular weight excluding hydrogens is 332 g/mol. The Morgan fingerprint density at radius 2 is 1.92 bits per heavy atom. The van der Waals surface area contributed by atoms with E-state index in [4.69, 9.17) is 4.74 Å². The number of hydrogen-bond donors (Lipinski definition) is 1. The Bertz CT molecular complexity index is 791. The van der Waals surface area contributed by atoms with Gasteiger partial charge in [-0.3, -0.25) is 0 Å². The van der Waals surface area contributed by atoms with Gasteiger partial charge in [-0.1, -0.05) is 25.1 Å². The standard InChI is InChI=1S/C20H23N2O2S/c1-3-16-13-25-19-21(16)14-20(23,15-9-11-18(24-2)12-10-15)22(19)17-7-5-4-6-8-17/h4-12,16,23H,3,13-14H2,1-2H3/q+1/t16?,20-/m0/s1. The Kier molecular flexibility index (Phi) is 4.21. The van der Waals surface area contributed by atoms with E-state index in [-0.39, 0.29) is 0 Å². The Morgan fingerprint density at radius 1 is 1.20 bits per heavy atom. The summed E-state index contributed by atoms with van der Waals surface area (Å²) in [4.78, 5) is 2.09. The summed E-state index contributed by atoms with van der Waals surface area (Å²) in [6.45, 7) is 2.79. The molecule has 1 N–H and O–H groups in total. The van der Waals surface area contributed by atoms with E-state index in [1.165, 1.54) is 0 Å². The van der Waals surface area contributed by atoms with Crippen molar-refractivity contribution in [2.45, 2.75) is 25.1 Å². The fourth-order valence-electron chi connectivity index (χ4n) is 3.67. The highest BCUT2D eigenvalue weighted by atomic mass is 32.2. The third-order valence-electron chi connectivity index (χ3n) is 5.08. The third-order valence-corrected chi connectivity index (χ3v) is 6.31. The van der Waals surface area contributed by atoms with Gasteiger partial charge in [0.15, 0.2) is 6.54 Å². The number of para-hydroxylation sites is 1. The maximum absolute atomic E-state index is 11.8. The lowest BCUT2D eigenvalue weighted by atomic mass is 10.0.